The third kappa shape index (κ3) is 3.63. The largest absolute Gasteiger partial charge is 0.493 e. The number of para-hydroxylation sites is 1. The first kappa shape index (κ1) is 21.9. The average molecular weight is 461 g/mol. The summed E-state index contributed by atoms with van der Waals surface area (Å²) in [7, 11) is 0.693. The Bertz CT molecular complexity index is 1340. The fraction of sp³-hybridized carbons (Fsp3) is 0.333. The van der Waals surface area contributed by atoms with Gasteiger partial charge in [-0.3, -0.25) is 9.36 Å². The highest BCUT2D eigenvalue weighted by Crippen LogP contribution is 2.32. The van der Waals surface area contributed by atoms with E-state index in [1.54, 1.807) is 36.2 Å². The van der Waals surface area contributed by atoms with Gasteiger partial charge in [0.1, 0.15) is 0 Å². The second kappa shape index (κ2) is 8.32. The molecule has 170 valence electrons. The Morgan fingerprint density at radius 3 is 2.41 bits per heavy atom. The minimum Gasteiger partial charge on any atom is -0.493 e. The number of amides is 1. The number of rotatable bonds is 5. The standard InChI is InChI=1S/C21H23N3O7S/c1-22-16-8-7-14(13-18(16)31-21(22)26)32(27,28)24-11-9-23(10-12-24)20(25)15-5-4-6-17(29-2)19(15)30-3/h4-8,13H,9-12H2,1-3H3. The highest BCUT2D eigenvalue weighted by molar-refractivity contribution is 7.89. The number of benzene rings is 2. The van der Waals surface area contributed by atoms with Crippen LogP contribution in [-0.2, 0) is 17.1 Å². The van der Waals surface area contributed by atoms with Gasteiger partial charge < -0.3 is 18.8 Å². The van der Waals surface area contributed by atoms with Crippen LogP contribution in [0.2, 0.25) is 0 Å². The number of fused-ring (bicyclic) bond motifs is 1. The topological polar surface area (TPSA) is 111 Å². The summed E-state index contributed by atoms with van der Waals surface area (Å²) < 4.78 is 44.6. The second-order valence-corrected chi connectivity index (χ2v) is 9.23. The number of carbonyl (C=O) groups excluding carboxylic acids is 1. The summed E-state index contributed by atoms with van der Waals surface area (Å²) in [6, 6.07) is 9.40. The van der Waals surface area contributed by atoms with Gasteiger partial charge in [-0.25, -0.2) is 13.2 Å². The maximum atomic E-state index is 13.1. The summed E-state index contributed by atoms with van der Waals surface area (Å²) in [5, 5.41) is 0. The zero-order valence-corrected chi connectivity index (χ0v) is 18.7. The number of aryl methyl sites for hydroxylation is 1. The normalized spacial score (nSPS) is 15.2. The number of sulfonamides is 1. The van der Waals surface area contributed by atoms with Gasteiger partial charge in [-0.05, 0) is 24.3 Å². The Balaban J connectivity index is 1.52. The van der Waals surface area contributed by atoms with E-state index in [1.807, 2.05) is 0 Å². The van der Waals surface area contributed by atoms with Gasteiger partial charge in [0.25, 0.3) is 5.91 Å². The molecule has 32 heavy (non-hydrogen) atoms. The van der Waals surface area contributed by atoms with Gasteiger partial charge >= 0.3 is 5.76 Å². The zero-order chi connectivity index (χ0) is 23.0. The molecule has 3 aromatic rings. The highest BCUT2D eigenvalue weighted by Gasteiger charge is 2.32. The Labute approximate surface area is 184 Å². The summed E-state index contributed by atoms with van der Waals surface area (Å²) in [5.41, 5.74) is 1.07. The molecule has 4 rings (SSSR count). The molecule has 0 bridgehead atoms. The molecule has 11 heteroatoms. The van der Waals surface area contributed by atoms with Gasteiger partial charge in [0, 0.05) is 39.3 Å². The average Bonchev–Trinajstić information content (AvgIpc) is 3.10. The van der Waals surface area contributed by atoms with E-state index in [1.165, 1.54) is 35.2 Å². The quantitative estimate of drug-likeness (QED) is 0.563. The van der Waals surface area contributed by atoms with Gasteiger partial charge in [-0.1, -0.05) is 6.07 Å². The van der Waals surface area contributed by atoms with Crippen LogP contribution in [-0.4, -0.2) is 68.5 Å². The van der Waals surface area contributed by atoms with E-state index in [0.717, 1.165) is 0 Å². The van der Waals surface area contributed by atoms with Crippen molar-refractivity contribution in [2.45, 2.75) is 4.90 Å². The van der Waals surface area contributed by atoms with E-state index >= 15 is 0 Å². The van der Waals surface area contributed by atoms with Crippen LogP contribution >= 0.6 is 0 Å². The van der Waals surface area contributed by atoms with Crippen molar-refractivity contribution in [3.63, 3.8) is 0 Å². The van der Waals surface area contributed by atoms with Crippen molar-refractivity contribution in [3.05, 3.63) is 52.5 Å². The molecule has 2 heterocycles. The van der Waals surface area contributed by atoms with Crippen LogP contribution in [0.5, 0.6) is 11.5 Å². The molecule has 1 fully saturated rings. The van der Waals surface area contributed by atoms with Crippen molar-refractivity contribution in [1.82, 2.24) is 13.8 Å². The molecule has 2 aromatic carbocycles. The van der Waals surface area contributed by atoms with Gasteiger partial charge in [-0.2, -0.15) is 4.31 Å². The Morgan fingerprint density at radius 2 is 1.75 bits per heavy atom. The number of methoxy groups -OCH3 is 2. The fourth-order valence-electron chi connectivity index (χ4n) is 3.78. The van der Waals surface area contributed by atoms with Crippen LogP contribution in [0.3, 0.4) is 0 Å². The molecule has 1 aromatic heterocycles. The Kier molecular flexibility index (Phi) is 5.70. The predicted molar refractivity (Wildman–Crippen MR) is 116 cm³/mol. The number of aromatic nitrogens is 1. The summed E-state index contributed by atoms with van der Waals surface area (Å²) in [5.74, 6) is -0.0323. The fourth-order valence-corrected chi connectivity index (χ4v) is 5.22. The SMILES string of the molecule is COc1cccc(C(=O)N2CCN(S(=O)(=O)c3ccc4c(c3)oc(=O)n4C)CC2)c1OC. The molecule has 1 aliphatic heterocycles. The van der Waals surface area contributed by atoms with Crippen LogP contribution < -0.4 is 15.2 Å². The first-order chi connectivity index (χ1) is 15.3. The third-order valence-corrected chi connectivity index (χ3v) is 7.46. The highest BCUT2D eigenvalue weighted by atomic mass is 32.2. The summed E-state index contributed by atoms with van der Waals surface area (Å²) >= 11 is 0. The van der Waals surface area contributed by atoms with E-state index in [4.69, 9.17) is 13.9 Å². The third-order valence-electron chi connectivity index (χ3n) is 5.56. The van der Waals surface area contributed by atoms with E-state index < -0.39 is 15.8 Å². The first-order valence-electron chi connectivity index (χ1n) is 9.88. The van der Waals surface area contributed by atoms with Crippen molar-refractivity contribution in [1.29, 1.82) is 0 Å². The number of hydrogen-bond acceptors (Lipinski definition) is 7. The molecule has 0 spiro atoms. The van der Waals surface area contributed by atoms with Crippen molar-refractivity contribution in [2.24, 2.45) is 7.05 Å². The number of ether oxygens (including phenoxy) is 2. The molecule has 1 amide bonds. The lowest BCUT2D eigenvalue weighted by Crippen LogP contribution is -2.50. The maximum Gasteiger partial charge on any atom is 0.419 e. The summed E-state index contributed by atoms with van der Waals surface area (Å²) in [6.07, 6.45) is 0. The summed E-state index contributed by atoms with van der Waals surface area (Å²) in [6.45, 7) is 0.719. The van der Waals surface area contributed by atoms with Gasteiger partial charge in [0.05, 0.1) is 30.2 Å². The van der Waals surface area contributed by atoms with Crippen molar-refractivity contribution in [3.8, 4) is 11.5 Å². The molecule has 0 saturated carbocycles. The number of piperazine rings is 1. The molecule has 0 radical (unpaired) electrons. The van der Waals surface area contributed by atoms with E-state index in [9.17, 15) is 18.0 Å². The van der Waals surface area contributed by atoms with Crippen molar-refractivity contribution >= 4 is 27.0 Å². The van der Waals surface area contributed by atoms with Crippen LogP contribution in [0.1, 0.15) is 10.4 Å². The lowest BCUT2D eigenvalue weighted by molar-refractivity contribution is 0.0694. The molecule has 1 aliphatic rings. The molecule has 10 nitrogen and oxygen atoms in total. The van der Waals surface area contributed by atoms with Crippen LogP contribution in [0.15, 0.2) is 50.5 Å². The maximum absolute atomic E-state index is 13.1. The van der Waals surface area contributed by atoms with Gasteiger partial charge in [0.2, 0.25) is 10.0 Å². The Hall–Kier alpha value is -3.31. The number of hydrogen-bond donors (Lipinski definition) is 0. The zero-order valence-electron chi connectivity index (χ0n) is 17.9. The van der Waals surface area contributed by atoms with Crippen LogP contribution in [0.4, 0.5) is 0 Å². The van der Waals surface area contributed by atoms with E-state index in [2.05, 4.69) is 0 Å². The molecule has 1 saturated heterocycles. The molecular weight excluding hydrogens is 438 g/mol. The molecule has 0 N–H and O–H groups in total. The second-order valence-electron chi connectivity index (χ2n) is 7.29. The number of carbonyl (C=O) groups is 1. The summed E-state index contributed by atoms with van der Waals surface area (Å²) in [4.78, 5) is 26.3. The minimum atomic E-state index is -3.81. The van der Waals surface area contributed by atoms with Gasteiger partial charge in [0.15, 0.2) is 17.1 Å². The Morgan fingerprint density at radius 1 is 1.03 bits per heavy atom. The molecular formula is C21H23N3O7S. The van der Waals surface area contributed by atoms with Gasteiger partial charge in [-0.15, -0.1) is 0 Å². The lowest BCUT2D eigenvalue weighted by atomic mass is 10.1. The minimum absolute atomic E-state index is 0.0357. The number of nitrogens with zero attached hydrogens (tertiary/aromatic N) is 3. The smallest absolute Gasteiger partial charge is 0.419 e. The first-order valence-corrected chi connectivity index (χ1v) is 11.3. The molecule has 0 aliphatic carbocycles. The van der Waals surface area contributed by atoms with Crippen molar-refractivity contribution in [2.75, 3.05) is 40.4 Å². The van der Waals surface area contributed by atoms with Crippen LogP contribution in [0, 0.1) is 0 Å². The molecule has 0 unspecified atom stereocenters. The predicted octanol–water partition coefficient (Wildman–Crippen LogP) is 1.30. The number of oxazole rings is 1. The van der Waals surface area contributed by atoms with E-state index in [-0.39, 0.29) is 42.6 Å². The monoisotopic (exact) mass is 461 g/mol. The lowest BCUT2D eigenvalue weighted by Gasteiger charge is -2.34. The van der Waals surface area contributed by atoms with Crippen LogP contribution in [0.25, 0.3) is 11.1 Å². The van der Waals surface area contributed by atoms with E-state index in [0.29, 0.717) is 22.6 Å². The van der Waals surface area contributed by atoms with Crippen molar-refractivity contribution < 1.29 is 27.1 Å². The molecule has 0 atom stereocenters.